The van der Waals surface area contributed by atoms with Crippen LogP contribution in [0.3, 0.4) is 0 Å². The van der Waals surface area contributed by atoms with Crippen LogP contribution in [-0.2, 0) is 0 Å². The van der Waals surface area contributed by atoms with Crippen molar-refractivity contribution in [2.24, 2.45) is 0 Å². The van der Waals surface area contributed by atoms with E-state index < -0.39 is 0 Å². The van der Waals surface area contributed by atoms with Gasteiger partial charge in [-0.05, 0) is 30.3 Å². The second-order valence-electron chi connectivity index (χ2n) is 6.51. The molecular formula is C20H13N9. The van der Waals surface area contributed by atoms with Crippen LogP contribution in [0.4, 0.5) is 0 Å². The highest BCUT2D eigenvalue weighted by Gasteiger charge is 2.17. The quantitative estimate of drug-likeness (QED) is 0.433. The Balaban J connectivity index is 1.54. The fraction of sp³-hybridized carbons (Fsp3) is 0. The predicted octanol–water partition coefficient (Wildman–Crippen LogP) is 3.35. The molecule has 0 bridgehead atoms. The lowest BCUT2D eigenvalue weighted by molar-refractivity contribution is 1.09. The van der Waals surface area contributed by atoms with Crippen molar-refractivity contribution >= 4 is 22.2 Å². The highest BCUT2D eigenvalue weighted by Crippen LogP contribution is 2.30. The van der Waals surface area contributed by atoms with Crippen molar-refractivity contribution in [3.8, 4) is 34.0 Å². The molecule has 0 spiro atoms. The van der Waals surface area contributed by atoms with Crippen LogP contribution in [0.2, 0.25) is 0 Å². The van der Waals surface area contributed by atoms with Gasteiger partial charge in [-0.1, -0.05) is 6.07 Å². The minimum absolute atomic E-state index is 0.596. The van der Waals surface area contributed by atoms with Gasteiger partial charge in [0, 0.05) is 29.7 Å². The lowest BCUT2D eigenvalue weighted by Crippen LogP contribution is -1.86. The van der Waals surface area contributed by atoms with E-state index in [1.807, 2.05) is 36.4 Å². The first kappa shape index (κ1) is 15.6. The number of hydrogen-bond acceptors (Lipinski definition) is 6. The Morgan fingerprint density at radius 3 is 2.72 bits per heavy atom. The number of fused-ring (bicyclic) bond motifs is 2. The third kappa shape index (κ3) is 2.48. The molecule has 0 saturated heterocycles. The van der Waals surface area contributed by atoms with Gasteiger partial charge in [0.25, 0.3) is 0 Å². The van der Waals surface area contributed by atoms with Gasteiger partial charge in [0.15, 0.2) is 17.2 Å². The maximum Gasteiger partial charge on any atom is 0.178 e. The number of imidazole rings is 1. The van der Waals surface area contributed by atoms with E-state index in [1.54, 1.807) is 24.8 Å². The molecule has 9 nitrogen and oxygen atoms in total. The summed E-state index contributed by atoms with van der Waals surface area (Å²) in [7, 11) is 0. The van der Waals surface area contributed by atoms with Gasteiger partial charge in [-0.25, -0.2) is 15.0 Å². The molecule has 0 fully saturated rings. The van der Waals surface area contributed by atoms with Crippen LogP contribution >= 0.6 is 0 Å². The van der Waals surface area contributed by atoms with Gasteiger partial charge in [-0.2, -0.15) is 10.2 Å². The molecule has 6 aromatic heterocycles. The summed E-state index contributed by atoms with van der Waals surface area (Å²) in [4.78, 5) is 21.6. The molecule has 3 N–H and O–H groups in total. The van der Waals surface area contributed by atoms with E-state index in [-0.39, 0.29) is 0 Å². The van der Waals surface area contributed by atoms with Gasteiger partial charge in [0.05, 0.1) is 28.6 Å². The van der Waals surface area contributed by atoms with Gasteiger partial charge in [0.2, 0.25) is 0 Å². The van der Waals surface area contributed by atoms with Crippen molar-refractivity contribution < 1.29 is 0 Å². The Bertz CT molecular complexity index is 1450. The van der Waals surface area contributed by atoms with E-state index in [0.29, 0.717) is 17.2 Å². The minimum atomic E-state index is 0.596. The van der Waals surface area contributed by atoms with Crippen molar-refractivity contribution in [1.29, 1.82) is 0 Å². The summed E-state index contributed by atoms with van der Waals surface area (Å²) >= 11 is 0. The fourth-order valence-electron chi connectivity index (χ4n) is 3.37. The molecule has 6 heterocycles. The van der Waals surface area contributed by atoms with Crippen molar-refractivity contribution in [3.63, 3.8) is 0 Å². The summed E-state index contributed by atoms with van der Waals surface area (Å²) in [6, 6.07) is 11.6. The van der Waals surface area contributed by atoms with Crippen LogP contribution in [0.25, 0.3) is 56.2 Å². The summed E-state index contributed by atoms with van der Waals surface area (Å²) in [5.41, 5.74) is 7.08. The van der Waals surface area contributed by atoms with Crippen molar-refractivity contribution in [2.75, 3.05) is 0 Å². The van der Waals surface area contributed by atoms with Crippen LogP contribution in [0.1, 0.15) is 0 Å². The topological polar surface area (TPSA) is 125 Å². The molecule has 0 aliphatic carbocycles. The third-order valence-corrected chi connectivity index (χ3v) is 4.76. The smallest absolute Gasteiger partial charge is 0.178 e. The van der Waals surface area contributed by atoms with Crippen molar-refractivity contribution in [2.45, 2.75) is 0 Å². The first-order chi connectivity index (χ1) is 14.4. The highest BCUT2D eigenvalue weighted by molar-refractivity contribution is 5.94. The van der Waals surface area contributed by atoms with Gasteiger partial charge >= 0.3 is 0 Å². The Morgan fingerprint density at radius 1 is 0.862 bits per heavy atom. The predicted molar refractivity (Wildman–Crippen MR) is 108 cm³/mol. The molecule has 0 aliphatic heterocycles. The molecule has 0 atom stereocenters. The first-order valence-electron chi connectivity index (χ1n) is 8.97. The average molecular weight is 379 g/mol. The van der Waals surface area contributed by atoms with E-state index >= 15 is 0 Å². The first-order valence-corrected chi connectivity index (χ1v) is 8.97. The Kier molecular flexibility index (Phi) is 3.27. The van der Waals surface area contributed by atoms with Gasteiger partial charge in [-0.3, -0.25) is 15.2 Å². The van der Waals surface area contributed by atoms with Crippen LogP contribution in [0, 0.1) is 0 Å². The third-order valence-electron chi connectivity index (χ3n) is 4.76. The zero-order chi connectivity index (χ0) is 19.2. The number of aromatic amines is 3. The van der Waals surface area contributed by atoms with Gasteiger partial charge in [0.1, 0.15) is 5.52 Å². The summed E-state index contributed by atoms with van der Waals surface area (Å²) < 4.78 is 0. The molecule has 9 heteroatoms. The van der Waals surface area contributed by atoms with E-state index in [4.69, 9.17) is 4.98 Å². The zero-order valence-corrected chi connectivity index (χ0v) is 15.0. The van der Waals surface area contributed by atoms with E-state index in [9.17, 15) is 0 Å². The second-order valence-corrected chi connectivity index (χ2v) is 6.51. The number of aromatic nitrogens is 9. The summed E-state index contributed by atoms with van der Waals surface area (Å²) in [6.07, 6.45) is 7.03. The zero-order valence-electron chi connectivity index (χ0n) is 15.0. The summed E-state index contributed by atoms with van der Waals surface area (Å²) in [5.74, 6) is 0.596. The Hall–Kier alpha value is -4.40. The number of H-pyrrole nitrogens is 3. The SMILES string of the molecule is c1ccc(-c2ccnc3nc(-c4n[nH]c5ccc(-c6cn[nH]c6)nc45)[nH]c23)nc1. The summed E-state index contributed by atoms with van der Waals surface area (Å²) in [6.45, 7) is 0. The molecular weight excluding hydrogens is 366 g/mol. The maximum atomic E-state index is 4.76. The Morgan fingerprint density at radius 2 is 1.86 bits per heavy atom. The van der Waals surface area contributed by atoms with Crippen molar-refractivity contribution in [1.82, 2.24) is 45.3 Å². The number of nitrogens with one attached hydrogen (secondary N) is 3. The molecule has 0 amide bonds. The number of nitrogens with zero attached hydrogens (tertiary/aromatic N) is 6. The standard InChI is InChI=1S/C20H13N9/c1-2-7-21-14(3-1)12-6-8-22-19-16(12)26-20(27-19)18-17-15(28-29-18)5-4-13(25-17)11-9-23-24-10-11/h1-10H,(H,23,24)(H,28,29)(H,22,26,27). The van der Waals surface area contributed by atoms with E-state index in [0.717, 1.165) is 39.1 Å². The molecule has 0 radical (unpaired) electrons. The fourth-order valence-corrected chi connectivity index (χ4v) is 3.37. The molecule has 138 valence electrons. The molecule has 29 heavy (non-hydrogen) atoms. The molecule has 0 aromatic carbocycles. The lowest BCUT2D eigenvalue weighted by Gasteiger charge is -2.00. The largest absolute Gasteiger partial charge is 0.335 e. The Labute approximate surface area is 163 Å². The van der Waals surface area contributed by atoms with Gasteiger partial charge < -0.3 is 4.98 Å². The molecule has 0 unspecified atom stereocenters. The lowest BCUT2D eigenvalue weighted by atomic mass is 10.1. The number of rotatable bonds is 3. The molecule has 0 saturated carbocycles. The maximum absolute atomic E-state index is 4.76. The van der Waals surface area contributed by atoms with Crippen molar-refractivity contribution in [3.05, 3.63) is 61.2 Å². The van der Waals surface area contributed by atoms with Crippen LogP contribution < -0.4 is 0 Å². The van der Waals surface area contributed by atoms with Crippen LogP contribution in [-0.4, -0.2) is 45.3 Å². The van der Waals surface area contributed by atoms with Crippen LogP contribution in [0.5, 0.6) is 0 Å². The summed E-state index contributed by atoms with van der Waals surface area (Å²) in [5, 5.41) is 14.3. The van der Waals surface area contributed by atoms with Gasteiger partial charge in [-0.15, -0.1) is 0 Å². The number of pyridine rings is 3. The monoisotopic (exact) mass is 379 g/mol. The minimum Gasteiger partial charge on any atom is -0.335 e. The van der Waals surface area contributed by atoms with E-state index in [2.05, 4.69) is 40.3 Å². The molecule has 6 rings (SSSR count). The second kappa shape index (κ2) is 6.06. The number of hydrogen-bond donors (Lipinski definition) is 3. The van der Waals surface area contributed by atoms with Crippen LogP contribution in [0.15, 0.2) is 61.2 Å². The van der Waals surface area contributed by atoms with E-state index in [1.165, 1.54) is 0 Å². The highest BCUT2D eigenvalue weighted by atomic mass is 15.2. The average Bonchev–Trinajstić information content (AvgIpc) is 3.52. The normalized spacial score (nSPS) is 11.4. The molecule has 0 aliphatic rings. The molecule has 6 aromatic rings.